The minimum absolute atomic E-state index is 0.0555. The highest BCUT2D eigenvalue weighted by Crippen LogP contribution is 2.33. The Morgan fingerprint density at radius 3 is 2.38 bits per heavy atom. The van der Waals surface area contributed by atoms with E-state index in [0.29, 0.717) is 24.4 Å². The fraction of sp³-hybridized carbons (Fsp3) is 0.364. The average molecular weight is 398 g/mol. The summed E-state index contributed by atoms with van der Waals surface area (Å²) >= 11 is 0. The van der Waals surface area contributed by atoms with Gasteiger partial charge in [0.15, 0.2) is 0 Å². The van der Waals surface area contributed by atoms with Gasteiger partial charge in [-0.05, 0) is 62.2 Å². The first-order valence-electron chi connectivity index (χ1n) is 9.61. The van der Waals surface area contributed by atoms with Crippen LogP contribution in [0.4, 0.5) is 10.5 Å². The van der Waals surface area contributed by atoms with Gasteiger partial charge in [-0.25, -0.2) is 4.79 Å². The summed E-state index contributed by atoms with van der Waals surface area (Å²) in [6.45, 7) is 2.48. The van der Waals surface area contributed by atoms with Crippen molar-refractivity contribution in [2.24, 2.45) is 0 Å². The van der Waals surface area contributed by atoms with Crippen molar-refractivity contribution in [3.8, 4) is 11.5 Å². The molecule has 3 rings (SSSR count). The quantitative estimate of drug-likeness (QED) is 0.725. The minimum atomic E-state index is -0.517. The van der Waals surface area contributed by atoms with E-state index in [1.54, 1.807) is 45.4 Å². The van der Waals surface area contributed by atoms with E-state index in [0.717, 1.165) is 29.9 Å². The standard InChI is InChI=1S/C22H26N2O5/c1-4-29-22(26)23-17-7-5-15(6-8-17)21(25)24(18-9-10-18)14-16-13-19(27-2)11-12-20(16)28-3/h5-8,11-13,18H,4,9-10,14H2,1-3H3,(H,23,26). The Hall–Kier alpha value is -3.22. The summed E-state index contributed by atoms with van der Waals surface area (Å²) in [7, 11) is 3.23. The minimum Gasteiger partial charge on any atom is -0.497 e. The normalized spacial score (nSPS) is 12.8. The number of nitrogens with one attached hydrogen (secondary N) is 1. The van der Waals surface area contributed by atoms with Crippen molar-refractivity contribution in [2.45, 2.75) is 32.4 Å². The average Bonchev–Trinajstić information content (AvgIpc) is 3.57. The molecule has 2 aromatic rings. The molecule has 0 spiro atoms. The van der Waals surface area contributed by atoms with Crippen LogP contribution in [0.15, 0.2) is 42.5 Å². The molecule has 0 bridgehead atoms. The molecule has 154 valence electrons. The molecule has 2 amide bonds. The number of benzene rings is 2. The van der Waals surface area contributed by atoms with Gasteiger partial charge >= 0.3 is 6.09 Å². The zero-order valence-electron chi connectivity index (χ0n) is 16.9. The summed E-state index contributed by atoms with van der Waals surface area (Å²) < 4.78 is 15.6. The maximum atomic E-state index is 13.2. The van der Waals surface area contributed by atoms with Crippen LogP contribution in [0.3, 0.4) is 0 Å². The molecule has 1 N–H and O–H groups in total. The molecular formula is C22H26N2O5. The second-order valence-corrected chi connectivity index (χ2v) is 6.76. The number of hydrogen-bond donors (Lipinski definition) is 1. The third kappa shape index (κ3) is 5.19. The predicted molar refractivity (Wildman–Crippen MR) is 110 cm³/mol. The molecular weight excluding hydrogens is 372 g/mol. The van der Waals surface area contributed by atoms with Gasteiger partial charge < -0.3 is 19.1 Å². The zero-order valence-corrected chi connectivity index (χ0v) is 16.9. The molecule has 2 aromatic carbocycles. The van der Waals surface area contributed by atoms with Gasteiger partial charge in [-0.2, -0.15) is 0 Å². The van der Waals surface area contributed by atoms with Crippen molar-refractivity contribution >= 4 is 17.7 Å². The molecule has 1 saturated carbocycles. The van der Waals surface area contributed by atoms with Crippen LogP contribution >= 0.6 is 0 Å². The van der Waals surface area contributed by atoms with Crippen LogP contribution in [-0.2, 0) is 11.3 Å². The van der Waals surface area contributed by atoms with Crippen LogP contribution in [0, 0.1) is 0 Å². The third-order valence-corrected chi connectivity index (χ3v) is 4.73. The topological polar surface area (TPSA) is 77.1 Å². The Balaban J connectivity index is 1.76. The van der Waals surface area contributed by atoms with E-state index < -0.39 is 6.09 Å². The van der Waals surface area contributed by atoms with Crippen LogP contribution in [0.1, 0.15) is 35.7 Å². The number of nitrogens with zero attached hydrogens (tertiary/aromatic N) is 1. The van der Waals surface area contributed by atoms with Gasteiger partial charge in [0, 0.05) is 22.9 Å². The summed E-state index contributed by atoms with van der Waals surface area (Å²) in [5.74, 6) is 1.39. The number of hydrogen-bond acceptors (Lipinski definition) is 5. The molecule has 1 aliphatic rings. The molecule has 7 nitrogen and oxygen atoms in total. The Labute approximate surface area is 170 Å². The fourth-order valence-corrected chi connectivity index (χ4v) is 3.09. The fourth-order valence-electron chi connectivity index (χ4n) is 3.09. The highest BCUT2D eigenvalue weighted by atomic mass is 16.5. The van der Waals surface area contributed by atoms with Crippen molar-refractivity contribution in [1.82, 2.24) is 4.90 Å². The number of methoxy groups -OCH3 is 2. The van der Waals surface area contributed by atoms with Gasteiger partial charge in [-0.15, -0.1) is 0 Å². The second kappa shape index (κ2) is 9.32. The van der Waals surface area contributed by atoms with E-state index in [1.807, 2.05) is 23.1 Å². The van der Waals surface area contributed by atoms with Crippen molar-refractivity contribution in [3.63, 3.8) is 0 Å². The van der Waals surface area contributed by atoms with Gasteiger partial charge in [0.1, 0.15) is 11.5 Å². The monoisotopic (exact) mass is 398 g/mol. The van der Waals surface area contributed by atoms with Crippen LogP contribution in [0.5, 0.6) is 11.5 Å². The molecule has 0 heterocycles. The van der Waals surface area contributed by atoms with E-state index in [1.165, 1.54) is 0 Å². The Kier molecular flexibility index (Phi) is 6.59. The number of carbonyl (C=O) groups is 2. The highest BCUT2D eigenvalue weighted by Gasteiger charge is 2.33. The number of rotatable bonds is 8. The van der Waals surface area contributed by atoms with E-state index in [4.69, 9.17) is 14.2 Å². The molecule has 1 fully saturated rings. The van der Waals surface area contributed by atoms with Crippen molar-refractivity contribution in [2.75, 3.05) is 26.1 Å². The molecule has 0 saturated heterocycles. The molecule has 1 aliphatic carbocycles. The van der Waals surface area contributed by atoms with Crippen LogP contribution in [-0.4, -0.2) is 43.8 Å². The van der Waals surface area contributed by atoms with Gasteiger partial charge in [0.25, 0.3) is 5.91 Å². The van der Waals surface area contributed by atoms with Gasteiger partial charge in [0.05, 0.1) is 27.4 Å². The lowest BCUT2D eigenvalue weighted by Crippen LogP contribution is -2.32. The lowest BCUT2D eigenvalue weighted by molar-refractivity contribution is 0.0728. The van der Waals surface area contributed by atoms with Crippen LogP contribution in [0.2, 0.25) is 0 Å². The lowest BCUT2D eigenvalue weighted by atomic mass is 10.1. The number of ether oxygens (including phenoxy) is 3. The maximum Gasteiger partial charge on any atom is 0.411 e. The molecule has 0 aliphatic heterocycles. The molecule has 7 heteroatoms. The van der Waals surface area contributed by atoms with Crippen molar-refractivity contribution < 1.29 is 23.8 Å². The first kappa shape index (κ1) is 20.5. The Bertz CT molecular complexity index is 862. The first-order chi connectivity index (χ1) is 14.0. The molecule has 0 atom stereocenters. The molecule has 0 aromatic heterocycles. The van der Waals surface area contributed by atoms with E-state index in [-0.39, 0.29) is 11.9 Å². The highest BCUT2D eigenvalue weighted by molar-refractivity contribution is 5.95. The third-order valence-electron chi connectivity index (χ3n) is 4.73. The van der Waals surface area contributed by atoms with Crippen molar-refractivity contribution in [1.29, 1.82) is 0 Å². The number of amides is 2. The summed E-state index contributed by atoms with van der Waals surface area (Å²) in [6, 6.07) is 12.6. The summed E-state index contributed by atoms with van der Waals surface area (Å²) in [5.41, 5.74) is 2.04. The second-order valence-electron chi connectivity index (χ2n) is 6.76. The largest absolute Gasteiger partial charge is 0.497 e. The van der Waals surface area contributed by atoms with E-state index in [9.17, 15) is 9.59 Å². The van der Waals surface area contributed by atoms with E-state index >= 15 is 0 Å². The first-order valence-corrected chi connectivity index (χ1v) is 9.61. The SMILES string of the molecule is CCOC(=O)Nc1ccc(C(=O)N(Cc2cc(OC)ccc2OC)C2CC2)cc1. The number of anilines is 1. The Morgan fingerprint density at radius 1 is 1.07 bits per heavy atom. The van der Waals surface area contributed by atoms with Crippen molar-refractivity contribution in [3.05, 3.63) is 53.6 Å². The smallest absolute Gasteiger partial charge is 0.411 e. The maximum absolute atomic E-state index is 13.2. The Morgan fingerprint density at radius 2 is 1.79 bits per heavy atom. The molecule has 29 heavy (non-hydrogen) atoms. The van der Waals surface area contributed by atoms with Crippen LogP contribution in [0.25, 0.3) is 0 Å². The molecule has 0 unspecified atom stereocenters. The van der Waals surface area contributed by atoms with Crippen LogP contribution < -0.4 is 14.8 Å². The zero-order chi connectivity index (χ0) is 20.8. The number of carbonyl (C=O) groups excluding carboxylic acids is 2. The van der Waals surface area contributed by atoms with Gasteiger partial charge in [0.2, 0.25) is 0 Å². The molecule has 0 radical (unpaired) electrons. The summed E-state index contributed by atoms with van der Waals surface area (Å²) in [5, 5.41) is 2.62. The van der Waals surface area contributed by atoms with E-state index in [2.05, 4.69) is 5.32 Å². The predicted octanol–water partition coefficient (Wildman–Crippen LogP) is 4.08. The van der Waals surface area contributed by atoms with Gasteiger partial charge in [-0.1, -0.05) is 0 Å². The summed E-state index contributed by atoms with van der Waals surface area (Å²) in [6.07, 6.45) is 1.46. The lowest BCUT2D eigenvalue weighted by Gasteiger charge is -2.24. The van der Waals surface area contributed by atoms with Gasteiger partial charge in [-0.3, -0.25) is 10.1 Å². The summed E-state index contributed by atoms with van der Waals surface area (Å²) in [4.78, 5) is 26.6.